The van der Waals surface area contributed by atoms with Gasteiger partial charge in [-0.05, 0) is 25.2 Å². The summed E-state index contributed by atoms with van der Waals surface area (Å²) in [4.78, 5) is 22.6. The molecule has 0 saturated carbocycles. The van der Waals surface area contributed by atoms with E-state index in [4.69, 9.17) is 9.84 Å². The molecule has 1 aliphatic heterocycles. The zero-order valence-corrected chi connectivity index (χ0v) is 11.5. The van der Waals surface area contributed by atoms with Crippen LogP contribution in [0.3, 0.4) is 0 Å². The van der Waals surface area contributed by atoms with E-state index < -0.39 is 18.0 Å². The summed E-state index contributed by atoms with van der Waals surface area (Å²) in [6.07, 6.45) is 4.21. The number of carboxylic acid groups (broad SMARTS) is 1. The standard InChI is InChI=1S/C13H24N2O4/c1-2-3-6-11(12(16)17)15-13(18)14-8-10-5-4-7-19-9-10/h10-11H,2-9H2,1H3,(H,16,17)(H2,14,15,18)/t10?,11-/m0/s1. The van der Waals surface area contributed by atoms with E-state index in [0.717, 1.165) is 32.3 Å². The van der Waals surface area contributed by atoms with E-state index in [1.54, 1.807) is 0 Å². The van der Waals surface area contributed by atoms with E-state index in [-0.39, 0.29) is 0 Å². The highest BCUT2D eigenvalue weighted by Gasteiger charge is 2.20. The fourth-order valence-electron chi connectivity index (χ4n) is 2.08. The first kappa shape index (κ1) is 15.8. The zero-order chi connectivity index (χ0) is 14.1. The SMILES string of the molecule is CCCC[C@H](NC(=O)NCC1CCCOC1)C(=O)O. The van der Waals surface area contributed by atoms with Crippen LogP contribution in [0.1, 0.15) is 39.0 Å². The van der Waals surface area contributed by atoms with Crippen LogP contribution < -0.4 is 10.6 Å². The van der Waals surface area contributed by atoms with Gasteiger partial charge in [0.05, 0.1) is 6.61 Å². The normalized spacial score (nSPS) is 20.6. The number of amides is 2. The van der Waals surface area contributed by atoms with Crippen LogP contribution >= 0.6 is 0 Å². The van der Waals surface area contributed by atoms with Crippen molar-refractivity contribution in [2.24, 2.45) is 5.92 Å². The molecule has 0 bridgehead atoms. The van der Waals surface area contributed by atoms with E-state index in [0.29, 0.717) is 25.5 Å². The second-order valence-electron chi connectivity index (χ2n) is 4.97. The summed E-state index contributed by atoms with van der Waals surface area (Å²) in [7, 11) is 0. The van der Waals surface area contributed by atoms with Crippen molar-refractivity contribution in [3.63, 3.8) is 0 Å². The molecule has 6 nitrogen and oxygen atoms in total. The first-order valence-electron chi connectivity index (χ1n) is 6.98. The lowest BCUT2D eigenvalue weighted by atomic mass is 10.0. The van der Waals surface area contributed by atoms with E-state index in [9.17, 15) is 9.59 Å². The highest BCUT2D eigenvalue weighted by Crippen LogP contribution is 2.12. The number of hydrogen-bond donors (Lipinski definition) is 3. The van der Waals surface area contributed by atoms with Gasteiger partial charge in [-0.15, -0.1) is 0 Å². The number of carbonyl (C=O) groups excluding carboxylic acids is 1. The molecule has 0 spiro atoms. The molecule has 0 aromatic carbocycles. The van der Waals surface area contributed by atoms with Gasteiger partial charge in [0.2, 0.25) is 0 Å². The third kappa shape index (κ3) is 6.42. The van der Waals surface area contributed by atoms with Crippen LogP contribution in [0.2, 0.25) is 0 Å². The average Bonchev–Trinajstić information content (AvgIpc) is 2.42. The van der Waals surface area contributed by atoms with Crippen molar-refractivity contribution >= 4 is 12.0 Å². The smallest absolute Gasteiger partial charge is 0.326 e. The molecule has 2 amide bonds. The molecule has 0 aliphatic carbocycles. The van der Waals surface area contributed by atoms with Crippen LogP contribution in [-0.4, -0.2) is 42.9 Å². The predicted molar refractivity (Wildman–Crippen MR) is 71.0 cm³/mol. The number of aliphatic carboxylic acids is 1. The van der Waals surface area contributed by atoms with Crippen molar-refractivity contribution in [2.75, 3.05) is 19.8 Å². The van der Waals surface area contributed by atoms with Crippen LogP contribution in [0.4, 0.5) is 4.79 Å². The summed E-state index contributed by atoms with van der Waals surface area (Å²) in [6, 6.07) is -1.21. The van der Waals surface area contributed by atoms with Crippen LogP contribution in [0, 0.1) is 5.92 Å². The van der Waals surface area contributed by atoms with Gasteiger partial charge >= 0.3 is 12.0 Å². The summed E-state index contributed by atoms with van der Waals surface area (Å²) in [6.45, 7) is 3.98. The van der Waals surface area contributed by atoms with Crippen molar-refractivity contribution in [3.05, 3.63) is 0 Å². The Hall–Kier alpha value is -1.30. The number of ether oxygens (including phenoxy) is 1. The Labute approximate surface area is 113 Å². The Morgan fingerprint density at radius 1 is 1.47 bits per heavy atom. The van der Waals surface area contributed by atoms with E-state index >= 15 is 0 Å². The summed E-state index contributed by atoms with van der Waals surface area (Å²) in [5.74, 6) is -0.650. The number of unbranched alkanes of at least 4 members (excludes halogenated alkanes) is 1. The van der Waals surface area contributed by atoms with Gasteiger partial charge in [-0.25, -0.2) is 9.59 Å². The Balaban J connectivity index is 2.25. The third-order valence-electron chi connectivity index (χ3n) is 3.26. The molecule has 1 rings (SSSR count). The topological polar surface area (TPSA) is 87.7 Å². The van der Waals surface area contributed by atoms with Crippen LogP contribution in [0.15, 0.2) is 0 Å². The summed E-state index contributed by atoms with van der Waals surface area (Å²) in [5.41, 5.74) is 0. The molecule has 1 heterocycles. The molecular weight excluding hydrogens is 248 g/mol. The molecule has 0 aromatic heterocycles. The molecule has 1 saturated heterocycles. The van der Waals surface area contributed by atoms with Gasteiger partial charge in [-0.2, -0.15) is 0 Å². The first-order valence-corrected chi connectivity index (χ1v) is 6.98. The summed E-state index contributed by atoms with van der Waals surface area (Å²) >= 11 is 0. The predicted octanol–water partition coefficient (Wildman–Crippen LogP) is 1.36. The Bertz CT molecular complexity index is 290. The first-order chi connectivity index (χ1) is 9.13. The molecule has 3 N–H and O–H groups in total. The monoisotopic (exact) mass is 272 g/mol. The van der Waals surface area contributed by atoms with Gasteiger partial charge in [-0.1, -0.05) is 19.8 Å². The minimum absolute atomic E-state index is 0.332. The number of hydrogen-bond acceptors (Lipinski definition) is 3. The van der Waals surface area contributed by atoms with Crippen LogP contribution in [0.25, 0.3) is 0 Å². The van der Waals surface area contributed by atoms with E-state index in [1.165, 1.54) is 0 Å². The van der Waals surface area contributed by atoms with Crippen molar-refractivity contribution in [1.29, 1.82) is 0 Å². The highest BCUT2D eigenvalue weighted by molar-refractivity contribution is 5.82. The Morgan fingerprint density at radius 3 is 2.84 bits per heavy atom. The third-order valence-corrected chi connectivity index (χ3v) is 3.26. The van der Waals surface area contributed by atoms with Gasteiger partial charge in [0.15, 0.2) is 0 Å². The Morgan fingerprint density at radius 2 is 2.26 bits per heavy atom. The second kappa shape index (κ2) is 8.74. The average molecular weight is 272 g/mol. The quantitative estimate of drug-likeness (QED) is 0.653. The van der Waals surface area contributed by atoms with E-state index in [2.05, 4.69) is 10.6 Å². The molecule has 110 valence electrons. The molecule has 1 aliphatic rings. The molecule has 1 unspecified atom stereocenters. The van der Waals surface area contributed by atoms with Gasteiger partial charge < -0.3 is 20.5 Å². The summed E-state index contributed by atoms with van der Waals surface area (Å²) < 4.78 is 5.32. The molecule has 0 aromatic rings. The van der Waals surface area contributed by atoms with Gasteiger partial charge in [0.25, 0.3) is 0 Å². The number of carbonyl (C=O) groups is 2. The number of urea groups is 1. The maximum atomic E-state index is 11.6. The van der Waals surface area contributed by atoms with Gasteiger partial charge in [0, 0.05) is 13.2 Å². The molecule has 19 heavy (non-hydrogen) atoms. The van der Waals surface area contributed by atoms with E-state index in [1.807, 2.05) is 6.92 Å². The van der Waals surface area contributed by atoms with Crippen molar-refractivity contribution in [2.45, 2.75) is 45.1 Å². The fraction of sp³-hybridized carbons (Fsp3) is 0.846. The largest absolute Gasteiger partial charge is 0.480 e. The highest BCUT2D eigenvalue weighted by atomic mass is 16.5. The van der Waals surface area contributed by atoms with Crippen LogP contribution in [0.5, 0.6) is 0 Å². The molecule has 1 fully saturated rings. The zero-order valence-electron chi connectivity index (χ0n) is 11.5. The molecule has 0 radical (unpaired) electrons. The minimum atomic E-state index is -0.982. The number of rotatable bonds is 7. The molecular formula is C13H24N2O4. The summed E-state index contributed by atoms with van der Waals surface area (Å²) in [5, 5.41) is 14.2. The lowest BCUT2D eigenvalue weighted by Gasteiger charge is -2.22. The van der Waals surface area contributed by atoms with Crippen molar-refractivity contribution < 1.29 is 19.4 Å². The van der Waals surface area contributed by atoms with Crippen LogP contribution in [-0.2, 0) is 9.53 Å². The maximum absolute atomic E-state index is 11.6. The fourth-order valence-corrected chi connectivity index (χ4v) is 2.08. The maximum Gasteiger partial charge on any atom is 0.326 e. The molecule has 6 heteroatoms. The number of carboxylic acids is 1. The van der Waals surface area contributed by atoms with Gasteiger partial charge in [0.1, 0.15) is 6.04 Å². The lowest BCUT2D eigenvalue weighted by molar-refractivity contribution is -0.139. The Kier molecular flexibility index (Phi) is 7.25. The minimum Gasteiger partial charge on any atom is -0.480 e. The van der Waals surface area contributed by atoms with Gasteiger partial charge in [-0.3, -0.25) is 0 Å². The lowest BCUT2D eigenvalue weighted by Crippen LogP contribution is -2.47. The van der Waals surface area contributed by atoms with Crippen molar-refractivity contribution in [3.8, 4) is 0 Å². The number of nitrogens with one attached hydrogen (secondary N) is 2. The molecule has 2 atom stereocenters. The second-order valence-corrected chi connectivity index (χ2v) is 4.97. The van der Waals surface area contributed by atoms with Crippen molar-refractivity contribution in [1.82, 2.24) is 10.6 Å².